The number of aromatic nitrogens is 1. The first kappa shape index (κ1) is 28.3. The van der Waals surface area contributed by atoms with Crippen molar-refractivity contribution in [3.8, 4) is 5.75 Å². The Morgan fingerprint density at radius 2 is 1.52 bits per heavy atom. The standard InChI is InChI=1S/C27H24F8N2O3/c1-12-19(26(38)40-25-23(32)21(30)20(29)22(31)24(25)33)17-7-4-14(28)8-18(17)37(12)9-13-2-5-15(6-3-13)36-10-16(11-36)39-27(34)35/h4,7-8,13,15-16,27H,2-3,5-6,9-11H2,1H3. The molecule has 1 aliphatic carbocycles. The molecule has 3 aromatic rings. The fourth-order valence-electron chi connectivity index (χ4n) is 5.71. The van der Waals surface area contributed by atoms with Crippen LogP contribution in [0.2, 0.25) is 0 Å². The van der Waals surface area contributed by atoms with Crippen molar-refractivity contribution in [2.75, 3.05) is 13.1 Å². The second-order valence-corrected chi connectivity index (χ2v) is 10.2. The van der Waals surface area contributed by atoms with Gasteiger partial charge in [0, 0.05) is 36.8 Å². The first-order valence-electron chi connectivity index (χ1n) is 12.7. The maximum absolute atomic E-state index is 14.2. The van der Waals surface area contributed by atoms with Crippen LogP contribution < -0.4 is 4.74 Å². The summed E-state index contributed by atoms with van der Waals surface area (Å²) in [6.07, 6.45) is 2.65. The molecule has 0 atom stereocenters. The Bertz CT molecular complexity index is 1420. The second-order valence-electron chi connectivity index (χ2n) is 10.2. The van der Waals surface area contributed by atoms with Crippen molar-refractivity contribution in [3.05, 3.63) is 64.4 Å². The van der Waals surface area contributed by atoms with E-state index in [0.717, 1.165) is 31.7 Å². The van der Waals surface area contributed by atoms with Gasteiger partial charge in [-0.25, -0.2) is 22.4 Å². The number of nitrogens with zero attached hydrogens (tertiary/aromatic N) is 2. The molecule has 0 bridgehead atoms. The van der Waals surface area contributed by atoms with Gasteiger partial charge in [0.15, 0.2) is 0 Å². The summed E-state index contributed by atoms with van der Waals surface area (Å²) in [6.45, 7) is -0.0395. The smallest absolute Gasteiger partial charge is 0.346 e. The van der Waals surface area contributed by atoms with Crippen LogP contribution in [0.1, 0.15) is 41.7 Å². The zero-order valence-electron chi connectivity index (χ0n) is 21.1. The molecule has 1 saturated heterocycles. The molecule has 0 amide bonds. The lowest BCUT2D eigenvalue weighted by atomic mass is 9.84. The molecule has 0 radical (unpaired) electrons. The Balaban J connectivity index is 1.35. The number of esters is 1. The van der Waals surface area contributed by atoms with Crippen LogP contribution in [0.4, 0.5) is 35.1 Å². The lowest BCUT2D eigenvalue weighted by Crippen LogP contribution is -2.57. The van der Waals surface area contributed by atoms with Crippen molar-refractivity contribution in [2.24, 2.45) is 5.92 Å². The first-order valence-corrected chi connectivity index (χ1v) is 12.7. The van der Waals surface area contributed by atoms with Gasteiger partial charge in [0.05, 0.1) is 17.2 Å². The number of fused-ring (bicyclic) bond motifs is 1. The van der Waals surface area contributed by atoms with Gasteiger partial charge in [-0.3, -0.25) is 4.90 Å². The molecule has 13 heteroatoms. The number of hydrogen-bond donors (Lipinski definition) is 0. The Hall–Kier alpha value is -3.19. The molecule has 5 rings (SSSR count). The van der Waals surface area contributed by atoms with E-state index in [1.54, 1.807) is 4.57 Å². The van der Waals surface area contributed by atoms with Gasteiger partial charge in [0.2, 0.25) is 34.8 Å². The van der Waals surface area contributed by atoms with Crippen LogP contribution in [-0.2, 0) is 11.3 Å². The Morgan fingerprint density at radius 1 is 0.925 bits per heavy atom. The normalized spacial score (nSPS) is 20.4. The Labute approximate surface area is 223 Å². The SMILES string of the molecule is Cc1c(C(=O)Oc2c(F)c(F)c(F)c(F)c2F)c2ccc(F)cc2n1CC1CCC(N2CC(OC(F)F)C2)CC1. The lowest BCUT2D eigenvalue weighted by molar-refractivity contribution is -0.202. The molecule has 1 saturated carbocycles. The minimum absolute atomic E-state index is 0.113. The highest BCUT2D eigenvalue weighted by atomic mass is 19.3. The van der Waals surface area contributed by atoms with E-state index in [0.29, 0.717) is 25.2 Å². The zero-order chi connectivity index (χ0) is 28.9. The van der Waals surface area contributed by atoms with Gasteiger partial charge in [-0.15, -0.1) is 0 Å². The monoisotopic (exact) mass is 576 g/mol. The molecular formula is C27H24F8N2O3. The summed E-state index contributed by atoms with van der Waals surface area (Å²) >= 11 is 0. The van der Waals surface area contributed by atoms with E-state index in [-0.39, 0.29) is 28.6 Å². The van der Waals surface area contributed by atoms with Crippen LogP contribution >= 0.6 is 0 Å². The number of likely N-dealkylation sites (tertiary alicyclic amines) is 1. The molecule has 0 spiro atoms. The Kier molecular flexibility index (Phi) is 7.79. The van der Waals surface area contributed by atoms with Crippen molar-refractivity contribution < 1.29 is 49.4 Å². The number of rotatable bonds is 7. The fourth-order valence-corrected chi connectivity index (χ4v) is 5.71. The quantitative estimate of drug-likeness (QED) is 0.106. The van der Waals surface area contributed by atoms with E-state index in [4.69, 9.17) is 0 Å². The van der Waals surface area contributed by atoms with Crippen LogP contribution in [0.5, 0.6) is 5.75 Å². The summed E-state index contributed by atoms with van der Waals surface area (Å²) in [5.41, 5.74) is 0.378. The predicted molar refractivity (Wildman–Crippen MR) is 126 cm³/mol. The van der Waals surface area contributed by atoms with Crippen LogP contribution in [0.3, 0.4) is 0 Å². The number of carbonyl (C=O) groups is 1. The zero-order valence-corrected chi connectivity index (χ0v) is 21.1. The van der Waals surface area contributed by atoms with Crippen LogP contribution in [0, 0.1) is 47.7 Å². The van der Waals surface area contributed by atoms with Crippen molar-refractivity contribution in [3.63, 3.8) is 0 Å². The maximum atomic E-state index is 14.2. The molecule has 2 heterocycles. The van der Waals surface area contributed by atoms with E-state index in [9.17, 15) is 39.9 Å². The number of benzene rings is 2. The van der Waals surface area contributed by atoms with Crippen molar-refractivity contribution in [1.82, 2.24) is 9.47 Å². The third-order valence-corrected chi connectivity index (χ3v) is 7.80. The van der Waals surface area contributed by atoms with Gasteiger partial charge in [-0.05, 0) is 56.7 Å². The van der Waals surface area contributed by atoms with Gasteiger partial charge in [0.1, 0.15) is 5.82 Å². The minimum Gasteiger partial charge on any atom is -0.416 e. The number of halogens is 8. The largest absolute Gasteiger partial charge is 0.416 e. The van der Waals surface area contributed by atoms with Crippen molar-refractivity contribution in [2.45, 2.75) is 57.9 Å². The summed E-state index contributed by atoms with van der Waals surface area (Å²) in [4.78, 5) is 15.1. The van der Waals surface area contributed by atoms with E-state index in [1.165, 1.54) is 19.1 Å². The lowest BCUT2D eigenvalue weighted by Gasteiger charge is -2.46. The molecule has 2 aromatic carbocycles. The third-order valence-electron chi connectivity index (χ3n) is 7.80. The van der Waals surface area contributed by atoms with E-state index >= 15 is 0 Å². The molecular weight excluding hydrogens is 552 g/mol. The fraction of sp³-hybridized carbons (Fsp3) is 0.444. The van der Waals surface area contributed by atoms with Crippen molar-refractivity contribution in [1.29, 1.82) is 0 Å². The minimum atomic E-state index is -2.80. The number of carbonyl (C=O) groups excluding carboxylic acids is 1. The van der Waals surface area contributed by atoms with Gasteiger partial charge >= 0.3 is 12.6 Å². The summed E-state index contributed by atoms with van der Waals surface area (Å²) in [5.74, 6) is -15.1. The highest BCUT2D eigenvalue weighted by molar-refractivity contribution is 6.06. The molecule has 2 fully saturated rings. The summed E-state index contributed by atoms with van der Waals surface area (Å²) in [7, 11) is 0. The van der Waals surface area contributed by atoms with E-state index < -0.39 is 59.3 Å². The van der Waals surface area contributed by atoms with Gasteiger partial charge in [-0.1, -0.05) is 0 Å². The number of ether oxygens (including phenoxy) is 2. The molecule has 1 aliphatic heterocycles. The van der Waals surface area contributed by atoms with Crippen LogP contribution in [0.15, 0.2) is 18.2 Å². The van der Waals surface area contributed by atoms with Gasteiger partial charge in [-0.2, -0.15) is 17.6 Å². The van der Waals surface area contributed by atoms with Gasteiger partial charge < -0.3 is 14.0 Å². The topological polar surface area (TPSA) is 43.7 Å². The van der Waals surface area contributed by atoms with E-state index in [1.807, 2.05) is 0 Å². The average molecular weight is 576 g/mol. The maximum Gasteiger partial charge on any atom is 0.346 e. The Morgan fingerprint density at radius 3 is 2.12 bits per heavy atom. The highest BCUT2D eigenvalue weighted by Gasteiger charge is 2.37. The summed E-state index contributed by atoms with van der Waals surface area (Å²) in [5, 5.41) is 0.187. The van der Waals surface area contributed by atoms with Gasteiger partial charge in [0.25, 0.3) is 0 Å². The summed E-state index contributed by atoms with van der Waals surface area (Å²) in [6, 6.07) is 3.76. The van der Waals surface area contributed by atoms with Crippen molar-refractivity contribution >= 4 is 16.9 Å². The molecule has 0 N–H and O–H groups in total. The highest BCUT2D eigenvalue weighted by Crippen LogP contribution is 2.36. The molecule has 40 heavy (non-hydrogen) atoms. The van der Waals surface area contributed by atoms with Crippen LogP contribution in [0.25, 0.3) is 10.9 Å². The van der Waals surface area contributed by atoms with Crippen LogP contribution in [-0.4, -0.2) is 47.3 Å². The first-order chi connectivity index (χ1) is 19.0. The average Bonchev–Trinajstić information content (AvgIpc) is 3.16. The molecule has 5 nitrogen and oxygen atoms in total. The molecule has 216 valence electrons. The molecule has 2 aliphatic rings. The third kappa shape index (κ3) is 5.16. The molecule has 0 unspecified atom stereocenters. The predicted octanol–water partition coefficient (Wildman–Crippen LogP) is 6.49. The number of alkyl halides is 2. The number of hydrogen-bond acceptors (Lipinski definition) is 4. The second kappa shape index (κ2) is 11.0. The summed E-state index contributed by atoms with van der Waals surface area (Å²) < 4.78 is 119. The molecule has 1 aromatic heterocycles. The van der Waals surface area contributed by atoms with E-state index in [2.05, 4.69) is 14.4 Å².